The highest BCUT2D eigenvalue weighted by atomic mass is 16.2. The molecular weight excluding hydrogens is 336 g/mol. The number of nitrogens with zero attached hydrogens (tertiary/aromatic N) is 3. The summed E-state index contributed by atoms with van der Waals surface area (Å²) in [4.78, 5) is 24.6. The monoisotopic (exact) mass is 364 g/mol. The number of rotatable bonds is 3. The Morgan fingerprint density at radius 1 is 1.30 bits per heavy atom. The number of benzene rings is 1. The first kappa shape index (κ1) is 18.1. The summed E-state index contributed by atoms with van der Waals surface area (Å²) >= 11 is 0. The average molecular weight is 364 g/mol. The van der Waals surface area contributed by atoms with Crippen LogP contribution >= 0.6 is 0 Å². The smallest absolute Gasteiger partial charge is 0.229 e. The number of piperidine rings is 1. The van der Waals surface area contributed by atoms with Crippen molar-refractivity contribution in [2.24, 2.45) is 0 Å². The van der Waals surface area contributed by atoms with Crippen molar-refractivity contribution in [1.29, 1.82) is 0 Å². The number of fused-ring (bicyclic) bond motifs is 1. The van der Waals surface area contributed by atoms with Gasteiger partial charge in [-0.15, -0.1) is 0 Å². The van der Waals surface area contributed by atoms with Gasteiger partial charge in [0.1, 0.15) is 5.82 Å². The summed E-state index contributed by atoms with van der Waals surface area (Å²) < 4.78 is 0. The maximum absolute atomic E-state index is 13.1. The van der Waals surface area contributed by atoms with E-state index in [9.17, 15) is 4.79 Å². The molecule has 0 spiro atoms. The van der Waals surface area contributed by atoms with Gasteiger partial charge in [-0.2, -0.15) is 0 Å². The first-order valence-corrected chi connectivity index (χ1v) is 10.0. The lowest BCUT2D eigenvalue weighted by Gasteiger charge is -2.34. The second-order valence-corrected chi connectivity index (χ2v) is 7.88. The molecule has 1 fully saturated rings. The summed E-state index contributed by atoms with van der Waals surface area (Å²) in [5.41, 5.74) is 4.69. The van der Waals surface area contributed by atoms with Gasteiger partial charge < -0.3 is 10.2 Å². The van der Waals surface area contributed by atoms with Gasteiger partial charge in [0, 0.05) is 56.0 Å². The maximum atomic E-state index is 13.1. The van der Waals surface area contributed by atoms with Gasteiger partial charge in [0.05, 0.1) is 5.92 Å². The van der Waals surface area contributed by atoms with E-state index >= 15 is 0 Å². The summed E-state index contributed by atoms with van der Waals surface area (Å²) in [7, 11) is 0. The van der Waals surface area contributed by atoms with Crippen molar-refractivity contribution in [3.05, 3.63) is 58.7 Å². The highest BCUT2D eigenvalue weighted by Crippen LogP contribution is 2.28. The quantitative estimate of drug-likeness (QED) is 0.910. The fourth-order valence-corrected chi connectivity index (χ4v) is 4.11. The third-order valence-corrected chi connectivity index (χ3v) is 5.87. The third kappa shape index (κ3) is 3.88. The van der Waals surface area contributed by atoms with Crippen LogP contribution in [0, 0.1) is 6.92 Å². The second-order valence-electron chi connectivity index (χ2n) is 7.88. The van der Waals surface area contributed by atoms with E-state index in [2.05, 4.69) is 41.5 Å². The molecule has 0 aliphatic carbocycles. The number of amides is 1. The first-order chi connectivity index (χ1) is 13.1. The van der Waals surface area contributed by atoms with Gasteiger partial charge in [0.25, 0.3) is 0 Å². The van der Waals surface area contributed by atoms with Crippen molar-refractivity contribution >= 4 is 5.91 Å². The highest BCUT2D eigenvalue weighted by molar-refractivity contribution is 5.83. The Hall–Kier alpha value is -2.27. The zero-order valence-electron chi connectivity index (χ0n) is 16.2. The molecule has 0 radical (unpaired) electrons. The van der Waals surface area contributed by atoms with Crippen LogP contribution < -0.4 is 5.32 Å². The van der Waals surface area contributed by atoms with E-state index in [4.69, 9.17) is 4.98 Å². The standard InChI is InChI=1S/C22H28N4O/c1-15-5-7-17(8-6-15)16(2)22(27)26-11-3-4-18(14-26)21-24-13-19-12-23-10-9-20(19)25-21/h5-8,13,16,18,23H,3-4,9-12,14H2,1-2H3/t16-,18-/m0/s1. The molecule has 0 bridgehead atoms. The molecule has 2 aromatic rings. The molecule has 5 nitrogen and oxygen atoms in total. The molecule has 2 aliphatic heterocycles. The van der Waals surface area contributed by atoms with Gasteiger partial charge in [-0.3, -0.25) is 4.79 Å². The molecule has 1 aromatic carbocycles. The van der Waals surface area contributed by atoms with Gasteiger partial charge >= 0.3 is 0 Å². The minimum atomic E-state index is -0.111. The van der Waals surface area contributed by atoms with Crippen LogP contribution in [0.3, 0.4) is 0 Å². The minimum absolute atomic E-state index is 0.111. The maximum Gasteiger partial charge on any atom is 0.229 e. The van der Waals surface area contributed by atoms with Crippen molar-refractivity contribution in [2.75, 3.05) is 19.6 Å². The molecule has 27 heavy (non-hydrogen) atoms. The lowest BCUT2D eigenvalue weighted by atomic mass is 9.93. The molecule has 142 valence electrons. The Morgan fingerprint density at radius 3 is 2.93 bits per heavy atom. The first-order valence-electron chi connectivity index (χ1n) is 10.0. The normalized spacial score (nSPS) is 20.8. The van der Waals surface area contributed by atoms with E-state index in [0.717, 1.165) is 56.8 Å². The summed E-state index contributed by atoms with van der Waals surface area (Å²) in [5.74, 6) is 1.26. The summed E-state index contributed by atoms with van der Waals surface area (Å²) in [6.07, 6.45) is 5.00. The number of aromatic nitrogens is 2. The Kier molecular flexibility index (Phi) is 5.21. The average Bonchev–Trinajstić information content (AvgIpc) is 2.73. The van der Waals surface area contributed by atoms with E-state index in [1.807, 2.05) is 18.0 Å². The molecule has 1 aromatic heterocycles. The Balaban J connectivity index is 1.47. The van der Waals surface area contributed by atoms with Crippen molar-refractivity contribution in [3.63, 3.8) is 0 Å². The van der Waals surface area contributed by atoms with Gasteiger partial charge in [-0.05, 0) is 32.3 Å². The van der Waals surface area contributed by atoms with Crippen LogP contribution in [-0.2, 0) is 17.8 Å². The SMILES string of the molecule is Cc1ccc([C@H](C)C(=O)N2CCC[C@H](c3ncc4c(n3)CCNC4)C2)cc1. The van der Waals surface area contributed by atoms with Gasteiger partial charge in [-0.1, -0.05) is 29.8 Å². The van der Waals surface area contributed by atoms with Crippen molar-refractivity contribution in [2.45, 2.75) is 51.5 Å². The number of carbonyl (C=O) groups excluding carboxylic acids is 1. The summed E-state index contributed by atoms with van der Waals surface area (Å²) in [6.45, 7) is 7.48. The fraction of sp³-hybridized carbons (Fsp3) is 0.500. The lowest BCUT2D eigenvalue weighted by molar-refractivity contribution is -0.133. The number of carbonyl (C=O) groups is 1. The molecule has 1 amide bonds. The number of nitrogens with one attached hydrogen (secondary N) is 1. The predicted molar refractivity (Wildman–Crippen MR) is 106 cm³/mol. The Morgan fingerprint density at radius 2 is 2.11 bits per heavy atom. The van der Waals surface area contributed by atoms with Gasteiger partial charge in [-0.25, -0.2) is 9.97 Å². The van der Waals surface area contributed by atoms with Crippen LogP contribution in [0.5, 0.6) is 0 Å². The van der Waals surface area contributed by atoms with E-state index in [1.165, 1.54) is 16.8 Å². The van der Waals surface area contributed by atoms with Crippen LogP contribution in [0.4, 0.5) is 0 Å². The predicted octanol–water partition coefficient (Wildman–Crippen LogP) is 2.94. The number of likely N-dealkylation sites (tertiary alicyclic amines) is 1. The molecule has 4 rings (SSSR count). The molecule has 1 saturated heterocycles. The van der Waals surface area contributed by atoms with E-state index < -0.39 is 0 Å². The van der Waals surface area contributed by atoms with Crippen LogP contribution in [0.1, 0.15) is 59.8 Å². The minimum Gasteiger partial charge on any atom is -0.341 e. The number of hydrogen-bond donors (Lipinski definition) is 1. The molecule has 2 aliphatic rings. The third-order valence-electron chi connectivity index (χ3n) is 5.87. The second kappa shape index (κ2) is 7.77. The highest BCUT2D eigenvalue weighted by Gasteiger charge is 2.30. The van der Waals surface area contributed by atoms with Crippen molar-refractivity contribution < 1.29 is 4.79 Å². The van der Waals surface area contributed by atoms with Crippen molar-refractivity contribution in [1.82, 2.24) is 20.2 Å². The molecule has 3 heterocycles. The van der Waals surface area contributed by atoms with E-state index in [0.29, 0.717) is 0 Å². The molecule has 0 unspecified atom stereocenters. The molecule has 1 N–H and O–H groups in total. The van der Waals surface area contributed by atoms with E-state index in [1.54, 1.807) is 0 Å². The number of aryl methyl sites for hydroxylation is 1. The van der Waals surface area contributed by atoms with Crippen LogP contribution in [0.25, 0.3) is 0 Å². The van der Waals surface area contributed by atoms with Crippen LogP contribution in [-0.4, -0.2) is 40.4 Å². The van der Waals surface area contributed by atoms with Crippen LogP contribution in [0.15, 0.2) is 30.5 Å². The zero-order valence-corrected chi connectivity index (χ0v) is 16.2. The Labute approximate surface area is 161 Å². The lowest BCUT2D eigenvalue weighted by Crippen LogP contribution is -2.41. The number of hydrogen-bond acceptors (Lipinski definition) is 4. The molecular formula is C22H28N4O. The van der Waals surface area contributed by atoms with E-state index in [-0.39, 0.29) is 17.7 Å². The van der Waals surface area contributed by atoms with Crippen molar-refractivity contribution in [3.8, 4) is 0 Å². The Bertz CT molecular complexity index is 818. The molecule has 0 saturated carbocycles. The fourth-order valence-electron chi connectivity index (χ4n) is 4.11. The summed E-state index contributed by atoms with van der Waals surface area (Å²) in [6, 6.07) is 8.29. The zero-order chi connectivity index (χ0) is 18.8. The van der Waals surface area contributed by atoms with Gasteiger partial charge in [0.2, 0.25) is 5.91 Å². The largest absolute Gasteiger partial charge is 0.341 e. The van der Waals surface area contributed by atoms with Crippen LogP contribution in [0.2, 0.25) is 0 Å². The summed E-state index contributed by atoms with van der Waals surface area (Å²) in [5, 5.41) is 3.36. The molecule has 2 atom stereocenters. The van der Waals surface area contributed by atoms with Gasteiger partial charge in [0.15, 0.2) is 0 Å². The molecule has 5 heteroatoms. The topological polar surface area (TPSA) is 58.1 Å².